The number of amides is 1. The summed E-state index contributed by atoms with van der Waals surface area (Å²) < 4.78 is 0. The molecule has 0 N–H and O–H groups in total. The van der Waals surface area contributed by atoms with Gasteiger partial charge in [0.15, 0.2) is 5.78 Å². The summed E-state index contributed by atoms with van der Waals surface area (Å²) >= 11 is 0. The molecule has 0 radical (unpaired) electrons. The van der Waals surface area contributed by atoms with Gasteiger partial charge < -0.3 is 0 Å². The maximum Gasteiger partial charge on any atom is 0.253 e. The molecule has 0 unspecified atom stereocenters. The standard InChI is InChI=1S/C9H15NO3/c1-6(2)10-8(12)5-7(11)9(3,4)13-10/h6H,5H2,1-4H3. The van der Waals surface area contributed by atoms with Gasteiger partial charge in [-0.2, -0.15) is 0 Å². The van der Waals surface area contributed by atoms with Crippen LogP contribution >= 0.6 is 0 Å². The van der Waals surface area contributed by atoms with Crippen molar-refractivity contribution in [2.24, 2.45) is 0 Å². The van der Waals surface area contributed by atoms with Gasteiger partial charge in [0.1, 0.15) is 5.60 Å². The summed E-state index contributed by atoms with van der Waals surface area (Å²) in [6.07, 6.45) is -0.0504. The number of carbonyl (C=O) groups excluding carboxylic acids is 2. The van der Waals surface area contributed by atoms with Gasteiger partial charge in [-0.3, -0.25) is 14.4 Å². The predicted octanol–water partition coefficient (Wildman–Crippen LogP) is 0.906. The van der Waals surface area contributed by atoms with Gasteiger partial charge in [0, 0.05) is 0 Å². The lowest BCUT2D eigenvalue weighted by Gasteiger charge is -2.37. The third kappa shape index (κ3) is 1.88. The maximum absolute atomic E-state index is 11.3. The molecule has 0 atom stereocenters. The van der Waals surface area contributed by atoms with E-state index < -0.39 is 5.60 Å². The minimum absolute atomic E-state index is 0.0279. The van der Waals surface area contributed by atoms with Crippen molar-refractivity contribution in [3.05, 3.63) is 0 Å². The first-order chi connectivity index (χ1) is 5.84. The molecule has 1 rings (SSSR count). The van der Waals surface area contributed by atoms with Crippen LogP contribution in [0.25, 0.3) is 0 Å². The summed E-state index contributed by atoms with van der Waals surface area (Å²) in [7, 11) is 0. The van der Waals surface area contributed by atoms with E-state index >= 15 is 0 Å². The van der Waals surface area contributed by atoms with Crippen LogP contribution in [0.3, 0.4) is 0 Å². The van der Waals surface area contributed by atoms with Crippen LogP contribution < -0.4 is 0 Å². The largest absolute Gasteiger partial charge is 0.296 e. The van der Waals surface area contributed by atoms with Crippen molar-refractivity contribution in [1.29, 1.82) is 0 Å². The lowest BCUT2D eigenvalue weighted by molar-refractivity contribution is -0.249. The highest BCUT2D eigenvalue weighted by molar-refractivity contribution is 6.03. The molecule has 1 fully saturated rings. The zero-order valence-electron chi connectivity index (χ0n) is 8.46. The Morgan fingerprint density at radius 1 is 1.38 bits per heavy atom. The molecule has 4 heteroatoms. The summed E-state index contributed by atoms with van der Waals surface area (Å²) in [5.74, 6) is -0.409. The second kappa shape index (κ2) is 3.10. The normalized spacial score (nSPS) is 22.7. The topological polar surface area (TPSA) is 46.6 Å². The molecule has 0 bridgehead atoms. The summed E-state index contributed by atoms with van der Waals surface area (Å²) in [6, 6.07) is -0.0279. The molecular weight excluding hydrogens is 170 g/mol. The third-order valence-corrected chi connectivity index (χ3v) is 2.02. The molecular formula is C9H15NO3. The molecule has 4 nitrogen and oxygen atoms in total. The van der Waals surface area contributed by atoms with E-state index in [1.165, 1.54) is 5.06 Å². The summed E-state index contributed by atoms with van der Waals surface area (Å²) in [4.78, 5) is 27.9. The number of rotatable bonds is 1. The fourth-order valence-electron chi connectivity index (χ4n) is 1.17. The Kier molecular flexibility index (Phi) is 2.43. The van der Waals surface area contributed by atoms with Crippen LogP contribution in [0, 0.1) is 0 Å². The first-order valence-electron chi connectivity index (χ1n) is 4.39. The van der Waals surface area contributed by atoms with Crippen molar-refractivity contribution in [2.75, 3.05) is 0 Å². The fraction of sp³-hybridized carbons (Fsp3) is 0.778. The van der Waals surface area contributed by atoms with E-state index in [-0.39, 0.29) is 24.2 Å². The molecule has 1 aliphatic rings. The Morgan fingerprint density at radius 3 is 2.38 bits per heavy atom. The second-order valence-corrected chi connectivity index (χ2v) is 4.01. The lowest BCUT2D eigenvalue weighted by Crippen LogP contribution is -2.53. The van der Waals surface area contributed by atoms with Crippen molar-refractivity contribution in [2.45, 2.75) is 45.8 Å². The maximum atomic E-state index is 11.3. The molecule has 0 aromatic heterocycles. The van der Waals surface area contributed by atoms with Crippen molar-refractivity contribution < 1.29 is 14.4 Å². The Labute approximate surface area is 77.8 Å². The summed E-state index contributed by atoms with van der Waals surface area (Å²) in [5.41, 5.74) is -0.863. The zero-order valence-corrected chi connectivity index (χ0v) is 8.46. The number of hydroxylamine groups is 2. The van der Waals surface area contributed by atoms with Gasteiger partial charge >= 0.3 is 0 Å². The molecule has 0 spiro atoms. The highest BCUT2D eigenvalue weighted by atomic mass is 16.7. The van der Waals surface area contributed by atoms with Crippen molar-refractivity contribution in [3.63, 3.8) is 0 Å². The van der Waals surface area contributed by atoms with Gasteiger partial charge in [0.05, 0.1) is 12.5 Å². The summed E-state index contributed by atoms with van der Waals surface area (Å²) in [6.45, 7) is 7.06. The monoisotopic (exact) mass is 185 g/mol. The molecule has 1 saturated heterocycles. The fourth-order valence-corrected chi connectivity index (χ4v) is 1.17. The average molecular weight is 185 g/mol. The van der Waals surface area contributed by atoms with Crippen molar-refractivity contribution in [1.82, 2.24) is 5.06 Å². The quantitative estimate of drug-likeness (QED) is 0.570. The smallest absolute Gasteiger partial charge is 0.253 e. The molecule has 74 valence electrons. The molecule has 0 aromatic rings. The van der Waals surface area contributed by atoms with Crippen molar-refractivity contribution in [3.8, 4) is 0 Å². The Morgan fingerprint density at radius 2 is 1.92 bits per heavy atom. The first kappa shape index (κ1) is 10.2. The van der Waals surface area contributed by atoms with E-state index in [1.54, 1.807) is 13.8 Å². The van der Waals surface area contributed by atoms with Crippen LogP contribution in [0.5, 0.6) is 0 Å². The van der Waals surface area contributed by atoms with Crippen molar-refractivity contribution >= 4 is 11.7 Å². The minimum Gasteiger partial charge on any atom is -0.296 e. The van der Waals surface area contributed by atoms with Crippen LogP contribution in [0.4, 0.5) is 0 Å². The van der Waals surface area contributed by atoms with E-state index in [9.17, 15) is 9.59 Å². The zero-order chi connectivity index (χ0) is 10.2. The highest BCUT2D eigenvalue weighted by Gasteiger charge is 2.40. The summed E-state index contributed by atoms with van der Waals surface area (Å²) in [5, 5.41) is 1.28. The van der Waals surface area contributed by atoms with E-state index in [0.717, 1.165) is 0 Å². The number of carbonyl (C=O) groups is 2. The van der Waals surface area contributed by atoms with E-state index in [0.29, 0.717) is 0 Å². The van der Waals surface area contributed by atoms with Gasteiger partial charge in [-0.25, -0.2) is 5.06 Å². The van der Waals surface area contributed by atoms with Gasteiger partial charge in [-0.1, -0.05) is 0 Å². The Balaban J connectivity index is 2.82. The second-order valence-electron chi connectivity index (χ2n) is 4.01. The number of hydrogen-bond acceptors (Lipinski definition) is 3. The Hall–Kier alpha value is -0.900. The highest BCUT2D eigenvalue weighted by Crippen LogP contribution is 2.23. The molecule has 0 aromatic carbocycles. The minimum atomic E-state index is -0.863. The van der Waals surface area contributed by atoms with Crippen LogP contribution in [0.2, 0.25) is 0 Å². The Bertz CT molecular complexity index is 245. The van der Waals surface area contributed by atoms with E-state index in [4.69, 9.17) is 4.84 Å². The molecule has 0 aliphatic carbocycles. The van der Waals surface area contributed by atoms with Crippen LogP contribution in [-0.2, 0) is 14.4 Å². The average Bonchev–Trinajstić information content (AvgIpc) is 1.97. The number of nitrogens with zero attached hydrogens (tertiary/aromatic N) is 1. The van der Waals surface area contributed by atoms with E-state index in [2.05, 4.69) is 0 Å². The van der Waals surface area contributed by atoms with Gasteiger partial charge in [-0.15, -0.1) is 0 Å². The van der Waals surface area contributed by atoms with Gasteiger partial charge in [-0.05, 0) is 27.7 Å². The van der Waals surface area contributed by atoms with Crippen LogP contribution in [-0.4, -0.2) is 28.4 Å². The third-order valence-electron chi connectivity index (χ3n) is 2.02. The molecule has 1 heterocycles. The van der Waals surface area contributed by atoms with Crippen LogP contribution in [0.1, 0.15) is 34.1 Å². The SMILES string of the molecule is CC(C)N1OC(C)(C)C(=O)CC1=O. The molecule has 0 saturated carbocycles. The lowest BCUT2D eigenvalue weighted by atomic mass is 9.99. The molecule has 13 heavy (non-hydrogen) atoms. The number of hydrogen-bond donors (Lipinski definition) is 0. The molecule has 1 amide bonds. The number of Topliss-reactive ketones (excluding diaryl/α,β-unsaturated/α-hetero) is 1. The first-order valence-corrected chi connectivity index (χ1v) is 4.39. The van der Waals surface area contributed by atoms with Crippen LogP contribution in [0.15, 0.2) is 0 Å². The van der Waals surface area contributed by atoms with E-state index in [1.807, 2.05) is 13.8 Å². The molecule has 1 aliphatic heterocycles. The predicted molar refractivity (Wildman–Crippen MR) is 46.8 cm³/mol. The number of ketones is 1. The van der Waals surface area contributed by atoms with Gasteiger partial charge in [0.25, 0.3) is 5.91 Å². The van der Waals surface area contributed by atoms with Gasteiger partial charge in [0.2, 0.25) is 0 Å².